The van der Waals surface area contributed by atoms with Gasteiger partial charge < -0.3 is 9.32 Å². The average Bonchev–Trinajstić information content (AvgIpc) is 3.91. The van der Waals surface area contributed by atoms with Crippen molar-refractivity contribution in [2.75, 3.05) is 4.90 Å². The number of aromatic nitrogens is 1. The van der Waals surface area contributed by atoms with Crippen LogP contribution >= 0.6 is 22.7 Å². The molecule has 5 heteroatoms. The summed E-state index contributed by atoms with van der Waals surface area (Å²) in [4.78, 5) is 8.49. The van der Waals surface area contributed by atoms with Gasteiger partial charge in [-0.1, -0.05) is 78.9 Å². The molecule has 10 rings (SSSR count). The molecule has 3 aromatic heterocycles. The number of thiazole rings is 1. The molecule has 7 aromatic carbocycles. The van der Waals surface area contributed by atoms with E-state index in [1.165, 1.54) is 25.2 Å². The predicted molar refractivity (Wildman–Crippen MR) is 213 cm³/mol. The lowest BCUT2D eigenvalue weighted by molar-refractivity contribution is 0.669. The van der Waals surface area contributed by atoms with E-state index in [0.29, 0.717) is 0 Å². The van der Waals surface area contributed by atoms with Gasteiger partial charge >= 0.3 is 0 Å². The lowest BCUT2D eigenvalue weighted by atomic mass is 10.0. The third-order valence-electron chi connectivity index (χ3n) is 9.34. The first-order valence-electron chi connectivity index (χ1n) is 16.6. The maximum atomic E-state index is 6.20. The Kier molecular flexibility index (Phi) is 6.86. The van der Waals surface area contributed by atoms with Crippen LogP contribution < -0.4 is 4.90 Å². The van der Waals surface area contributed by atoms with E-state index in [2.05, 4.69) is 157 Å². The SMILES string of the molecule is c1ccc2sc(-c3ccc(N(c4ccc(-c5ccc6c(c5)oc5ccccc56)cc4)c4ccc(-c5nc6ccccc6s5)cc4)cc3)cc2c1. The molecule has 0 radical (unpaired) electrons. The van der Waals surface area contributed by atoms with E-state index in [1.54, 1.807) is 11.3 Å². The van der Waals surface area contributed by atoms with Gasteiger partial charge in [-0.3, -0.25) is 0 Å². The summed E-state index contributed by atoms with van der Waals surface area (Å²) in [6.07, 6.45) is 0. The van der Waals surface area contributed by atoms with Crippen LogP contribution in [0.25, 0.3) is 74.4 Å². The van der Waals surface area contributed by atoms with E-state index in [1.807, 2.05) is 29.5 Å². The van der Waals surface area contributed by atoms with Gasteiger partial charge in [0.15, 0.2) is 0 Å². The Labute approximate surface area is 296 Å². The van der Waals surface area contributed by atoms with Crippen LogP contribution in [0, 0.1) is 0 Å². The number of fused-ring (bicyclic) bond motifs is 5. The molecule has 0 bridgehead atoms. The van der Waals surface area contributed by atoms with E-state index < -0.39 is 0 Å². The number of thiophene rings is 1. The van der Waals surface area contributed by atoms with E-state index in [-0.39, 0.29) is 0 Å². The minimum atomic E-state index is 0.904. The first kappa shape index (κ1) is 29.0. The van der Waals surface area contributed by atoms with Gasteiger partial charge in [-0.15, -0.1) is 22.7 Å². The Morgan fingerprint density at radius 3 is 1.78 bits per heavy atom. The maximum absolute atomic E-state index is 6.20. The largest absolute Gasteiger partial charge is 0.456 e. The molecular formula is C45H28N2OS2. The van der Waals surface area contributed by atoms with Crippen molar-refractivity contribution >= 4 is 82.0 Å². The second-order valence-electron chi connectivity index (χ2n) is 12.4. The number of benzene rings is 7. The van der Waals surface area contributed by atoms with Crippen molar-refractivity contribution in [2.45, 2.75) is 0 Å². The fourth-order valence-electron chi connectivity index (χ4n) is 6.80. The monoisotopic (exact) mass is 676 g/mol. The van der Waals surface area contributed by atoms with Gasteiger partial charge in [0.1, 0.15) is 16.2 Å². The number of hydrogen-bond donors (Lipinski definition) is 0. The molecule has 0 aliphatic heterocycles. The third-order valence-corrected chi connectivity index (χ3v) is 11.6. The summed E-state index contributed by atoms with van der Waals surface area (Å²) in [5, 5.41) is 4.60. The summed E-state index contributed by atoms with van der Waals surface area (Å²) in [6, 6.07) is 60.4. The van der Waals surface area contributed by atoms with Crippen LogP contribution in [-0.2, 0) is 0 Å². The van der Waals surface area contributed by atoms with Gasteiger partial charge in [-0.05, 0) is 113 Å². The fraction of sp³-hybridized carbons (Fsp3) is 0. The molecule has 0 atom stereocenters. The van der Waals surface area contributed by atoms with E-state index in [4.69, 9.17) is 9.40 Å². The van der Waals surface area contributed by atoms with Gasteiger partial charge in [0.25, 0.3) is 0 Å². The standard InChI is InChI=1S/C45H28N2OS2/c1-5-11-42-33(7-1)28-44(49-42)30-15-22-35(23-16-30)47(36-24-17-31(18-25-36)45-46-39-9-3-6-12-43(39)50-45)34-20-13-29(14-21-34)32-19-26-38-37-8-2-4-10-40(37)48-41(38)27-32/h1-28H. The lowest BCUT2D eigenvalue weighted by Crippen LogP contribution is -2.09. The predicted octanol–water partition coefficient (Wildman–Crippen LogP) is 13.9. The summed E-state index contributed by atoms with van der Waals surface area (Å²) in [5.41, 5.74) is 10.7. The van der Waals surface area contributed by atoms with Gasteiger partial charge in [0.2, 0.25) is 0 Å². The number of nitrogens with zero attached hydrogens (tertiary/aromatic N) is 2. The Morgan fingerprint density at radius 1 is 0.440 bits per heavy atom. The highest BCUT2D eigenvalue weighted by atomic mass is 32.1. The molecule has 10 aromatic rings. The van der Waals surface area contributed by atoms with Gasteiger partial charge in [-0.2, -0.15) is 0 Å². The summed E-state index contributed by atoms with van der Waals surface area (Å²) in [7, 11) is 0. The Balaban J connectivity index is 1.02. The van der Waals surface area contributed by atoms with Crippen molar-refractivity contribution in [1.82, 2.24) is 4.98 Å². The van der Waals surface area contributed by atoms with Crippen molar-refractivity contribution in [3.63, 3.8) is 0 Å². The molecule has 0 N–H and O–H groups in total. The average molecular weight is 677 g/mol. The van der Waals surface area contributed by atoms with Crippen LogP contribution in [0.4, 0.5) is 17.1 Å². The summed E-state index contributed by atoms with van der Waals surface area (Å²) < 4.78 is 8.71. The van der Waals surface area contributed by atoms with E-state index in [0.717, 1.165) is 66.2 Å². The Bertz CT molecular complexity index is 2620. The summed E-state index contributed by atoms with van der Waals surface area (Å²) in [5.74, 6) is 0. The molecule has 0 amide bonds. The van der Waals surface area contributed by atoms with Gasteiger partial charge in [0.05, 0.1) is 10.2 Å². The van der Waals surface area contributed by atoms with E-state index >= 15 is 0 Å². The maximum Gasteiger partial charge on any atom is 0.136 e. The van der Waals surface area contributed by atoms with Crippen molar-refractivity contribution in [3.8, 4) is 32.1 Å². The van der Waals surface area contributed by atoms with Crippen molar-refractivity contribution in [3.05, 3.63) is 170 Å². The fourth-order valence-corrected chi connectivity index (χ4v) is 8.84. The summed E-state index contributed by atoms with van der Waals surface area (Å²) in [6.45, 7) is 0. The molecule has 0 aliphatic rings. The zero-order valence-electron chi connectivity index (χ0n) is 26.8. The van der Waals surface area contributed by atoms with Crippen LogP contribution in [0.1, 0.15) is 0 Å². The van der Waals surface area contributed by atoms with Crippen LogP contribution in [0.15, 0.2) is 174 Å². The minimum Gasteiger partial charge on any atom is -0.456 e. The first-order chi connectivity index (χ1) is 24.7. The Morgan fingerprint density at radius 2 is 1.04 bits per heavy atom. The Hall–Kier alpha value is -6.01. The smallest absolute Gasteiger partial charge is 0.136 e. The zero-order valence-corrected chi connectivity index (χ0v) is 28.4. The molecule has 0 unspecified atom stereocenters. The van der Waals surface area contributed by atoms with Crippen molar-refractivity contribution in [2.24, 2.45) is 0 Å². The molecule has 0 saturated heterocycles. The second kappa shape index (κ2) is 11.8. The molecule has 0 spiro atoms. The van der Waals surface area contributed by atoms with Crippen molar-refractivity contribution in [1.29, 1.82) is 0 Å². The molecule has 0 saturated carbocycles. The molecule has 3 nitrogen and oxygen atoms in total. The van der Waals surface area contributed by atoms with Crippen LogP contribution in [0.2, 0.25) is 0 Å². The highest BCUT2D eigenvalue weighted by Crippen LogP contribution is 2.40. The number of hydrogen-bond acceptors (Lipinski definition) is 5. The van der Waals surface area contributed by atoms with Crippen LogP contribution in [-0.4, -0.2) is 4.98 Å². The zero-order chi connectivity index (χ0) is 33.0. The van der Waals surface area contributed by atoms with E-state index in [9.17, 15) is 0 Å². The lowest BCUT2D eigenvalue weighted by Gasteiger charge is -2.26. The first-order valence-corrected chi connectivity index (χ1v) is 18.2. The molecule has 0 fully saturated rings. The van der Waals surface area contributed by atoms with Gasteiger partial charge in [0, 0.05) is 43.0 Å². The summed E-state index contributed by atoms with van der Waals surface area (Å²) >= 11 is 3.56. The molecule has 236 valence electrons. The number of furan rings is 1. The number of rotatable bonds is 6. The normalized spacial score (nSPS) is 11.6. The molecule has 0 aliphatic carbocycles. The van der Waals surface area contributed by atoms with Gasteiger partial charge in [-0.25, -0.2) is 4.98 Å². The third kappa shape index (κ3) is 5.07. The quantitative estimate of drug-likeness (QED) is 0.176. The van der Waals surface area contributed by atoms with Crippen LogP contribution in [0.5, 0.6) is 0 Å². The second-order valence-corrected chi connectivity index (χ2v) is 14.5. The molecule has 50 heavy (non-hydrogen) atoms. The highest BCUT2D eigenvalue weighted by molar-refractivity contribution is 7.22. The highest BCUT2D eigenvalue weighted by Gasteiger charge is 2.16. The minimum absolute atomic E-state index is 0.904. The van der Waals surface area contributed by atoms with Crippen LogP contribution in [0.3, 0.4) is 0 Å². The molecular weight excluding hydrogens is 649 g/mol. The number of para-hydroxylation sites is 2. The number of anilines is 3. The van der Waals surface area contributed by atoms with Crippen molar-refractivity contribution < 1.29 is 4.42 Å². The topological polar surface area (TPSA) is 29.3 Å². The molecule has 3 heterocycles.